The lowest BCUT2D eigenvalue weighted by atomic mass is 10.1. The summed E-state index contributed by atoms with van der Waals surface area (Å²) in [6.45, 7) is 1.17. The number of carbonyl (C=O) groups excluding carboxylic acids is 1. The molecule has 1 heterocycles. The van der Waals surface area contributed by atoms with E-state index in [9.17, 15) is 4.79 Å². The van der Waals surface area contributed by atoms with Gasteiger partial charge < -0.3 is 16.0 Å². The van der Waals surface area contributed by atoms with Crippen molar-refractivity contribution in [2.24, 2.45) is 0 Å². The van der Waals surface area contributed by atoms with Gasteiger partial charge in [-0.2, -0.15) is 0 Å². The highest BCUT2D eigenvalue weighted by Crippen LogP contribution is 2.29. The molecule has 2 aromatic rings. The number of benzene rings is 2. The Morgan fingerprint density at radius 1 is 1.24 bits per heavy atom. The molecule has 0 radical (unpaired) electrons. The maximum Gasteiger partial charge on any atom is 0.243 e. The summed E-state index contributed by atoms with van der Waals surface area (Å²) in [5, 5.41) is 3.53. The van der Waals surface area contributed by atoms with Gasteiger partial charge in [0.15, 0.2) is 0 Å². The van der Waals surface area contributed by atoms with Crippen LogP contribution in [0.2, 0.25) is 5.02 Å². The molecule has 0 bridgehead atoms. The van der Waals surface area contributed by atoms with Crippen LogP contribution in [0.5, 0.6) is 0 Å². The van der Waals surface area contributed by atoms with Gasteiger partial charge in [-0.25, -0.2) is 0 Å². The van der Waals surface area contributed by atoms with E-state index in [0.717, 1.165) is 30.0 Å². The van der Waals surface area contributed by atoms with Crippen molar-refractivity contribution in [1.82, 2.24) is 0 Å². The Morgan fingerprint density at radius 3 is 2.76 bits per heavy atom. The fraction of sp³-hybridized carbons (Fsp3) is 0.188. The van der Waals surface area contributed by atoms with Crippen molar-refractivity contribution >= 4 is 34.6 Å². The molecule has 1 amide bonds. The van der Waals surface area contributed by atoms with E-state index in [1.54, 1.807) is 24.3 Å². The second kappa shape index (κ2) is 5.66. The fourth-order valence-electron chi connectivity index (χ4n) is 2.56. The van der Waals surface area contributed by atoms with E-state index in [-0.39, 0.29) is 5.91 Å². The molecule has 4 nitrogen and oxygen atoms in total. The second-order valence-electron chi connectivity index (χ2n) is 5.11. The van der Waals surface area contributed by atoms with E-state index in [1.807, 2.05) is 18.2 Å². The molecule has 0 aliphatic carbocycles. The molecule has 3 N–H and O–H groups in total. The molecule has 5 heteroatoms. The maximum absolute atomic E-state index is 12.1. The molecule has 0 saturated heterocycles. The third-order valence-electron chi connectivity index (χ3n) is 3.56. The van der Waals surface area contributed by atoms with E-state index in [0.29, 0.717) is 11.6 Å². The van der Waals surface area contributed by atoms with Crippen LogP contribution >= 0.6 is 11.6 Å². The zero-order valence-electron chi connectivity index (χ0n) is 11.5. The number of nitrogens with two attached hydrogens (primary N) is 1. The number of amides is 1. The number of carbonyl (C=O) groups is 1. The summed E-state index contributed by atoms with van der Waals surface area (Å²) in [5.74, 6) is -0.0398. The molecule has 0 spiro atoms. The van der Waals surface area contributed by atoms with Crippen molar-refractivity contribution in [3.05, 3.63) is 53.1 Å². The first-order chi connectivity index (χ1) is 10.1. The highest BCUT2D eigenvalue weighted by Gasteiger charge is 2.21. The van der Waals surface area contributed by atoms with E-state index in [1.165, 1.54) is 5.56 Å². The minimum absolute atomic E-state index is 0.0398. The number of fused-ring (bicyclic) bond motifs is 1. The monoisotopic (exact) mass is 301 g/mol. The number of halogens is 1. The zero-order chi connectivity index (χ0) is 14.8. The van der Waals surface area contributed by atoms with E-state index < -0.39 is 0 Å². The third kappa shape index (κ3) is 3.11. The van der Waals surface area contributed by atoms with Crippen LogP contribution in [0.15, 0.2) is 42.5 Å². The molecule has 108 valence electrons. The van der Waals surface area contributed by atoms with E-state index >= 15 is 0 Å². The number of rotatable bonds is 3. The van der Waals surface area contributed by atoms with E-state index in [4.69, 9.17) is 17.3 Å². The van der Waals surface area contributed by atoms with Crippen molar-refractivity contribution in [3.8, 4) is 0 Å². The molecule has 21 heavy (non-hydrogen) atoms. The largest absolute Gasteiger partial charge is 0.399 e. The number of nitrogens with zero attached hydrogens (tertiary/aromatic N) is 1. The number of nitrogen functional groups attached to an aromatic ring is 1. The fourth-order valence-corrected chi connectivity index (χ4v) is 2.69. The summed E-state index contributed by atoms with van der Waals surface area (Å²) < 4.78 is 0. The summed E-state index contributed by atoms with van der Waals surface area (Å²) in [4.78, 5) is 14.2. The van der Waals surface area contributed by atoms with Crippen LogP contribution in [-0.4, -0.2) is 19.0 Å². The van der Waals surface area contributed by atoms with Gasteiger partial charge in [0.1, 0.15) is 0 Å². The van der Waals surface area contributed by atoms with Gasteiger partial charge in [-0.1, -0.05) is 11.6 Å². The first-order valence-corrected chi connectivity index (χ1v) is 7.18. The Labute approximate surface area is 128 Å². The summed E-state index contributed by atoms with van der Waals surface area (Å²) in [6, 6.07) is 12.9. The maximum atomic E-state index is 12.1. The van der Waals surface area contributed by atoms with Crippen LogP contribution in [0.4, 0.5) is 17.1 Å². The van der Waals surface area contributed by atoms with Crippen LogP contribution in [0.3, 0.4) is 0 Å². The van der Waals surface area contributed by atoms with Gasteiger partial charge in [0.05, 0.1) is 6.54 Å². The van der Waals surface area contributed by atoms with Gasteiger partial charge in [-0.05, 0) is 54.4 Å². The lowest BCUT2D eigenvalue weighted by molar-refractivity contribution is -0.115. The Morgan fingerprint density at radius 2 is 2.00 bits per heavy atom. The molecular weight excluding hydrogens is 286 g/mol. The van der Waals surface area contributed by atoms with Crippen LogP contribution in [0.25, 0.3) is 0 Å². The summed E-state index contributed by atoms with van der Waals surface area (Å²) >= 11 is 5.82. The molecule has 0 aromatic heterocycles. The highest BCUT2D eigenvalue weighted by molar-refractivity contribution is 6.30. The van der Waals surface area contributed by atoms with Crippen molar-refractivity contribution in [2.75, 3.05) is 29.0 Å². The van der Waals surface area contributed by atoms with Gasteiger partial charge in [0.25, 0.3) is 0 Å². The van der Waals surface area contributed by atoms with Gasteiger partial charge in [-0.3, -0.25) is 4.79 Å². The highest BCUT2D eigenvalue weighted by atomic mass is 35.5. The minimum atomic E-state index is -0.0398. The first-order valence-electron chi connectivity index (χ1n) is 6.80. The third-order valence-corrected chi connectivity index (χ3v) is 3.81. The molecular formula is C16H16ClN3O. The lowest BCUT2D eigenvalue weighted by Gasteiger charge is -2.19. The quantitative estimate of drug-likeness (QED) is 0.857. The van der Waals surface area contributed by atoms with Crippen LogP contribution in [0.1, 0.15) is 5.56 Å². The number of anilines is 3. The smallest absolute Gasteiger partial charge is 0.243 e. The molecule has 0 fully saturated rings. The Kier molecular flexibility index (Phi) is 3.71. The Balaban J connectivity index is 1.65. The molecule has 0 atom stereocenters. The lowest BCUT2D eigenvalue weighted by Crippen LogP contribution is -2.31. The number of hydrogen-bond acceptors (Lipinski definition) is 3. The Bertz CT molecular complexity index is 670. The van der Waals surface area contributed by atoms with E-state index in [2.05, 4.69) is 10.2 Å². The molecule has 0 saturated carbocycles. The number of nitrogens with one attached hydrogen (secondary N) is 1. The average Bonchev–Trinajstić information content (AvgIpc) is 2.83. The topological polar surface area (TPSA) is 58.4 Å². The molecule has 1 aliphatic rings. The molecule has 0 unspecified atom stereocenters. The normalized spacial score (nSPS) is 13.1. The van der Waals surface area contributed by atoms with Gasteiger partial charge >= 0.3 is 0 Å². The molecule has 2 aromatic carbocycles. The first kappa shape index (κ1) is 13.8. The summed E-state index contributed by atoms with van der Waals surface area (Å²) in [7, 11) is 0. The second-order valence-corrected chi connectivity index (χ2v) is 5.55. The Hall–Kier alpha value is -2.20. The molecule has 3 rings (SSSR count). The zero-order valence-corrected chi connectivity index (χ0v) is 12.2. The predicted molar refractivity (Wildman–Crippen MR) is 86.9 cm³/mol. The summed E-state index contributed by atoms with van der Waals surface area (Å²) in [6.07, 6.45) is 0.925. The summed E-state index contributed by atoms with van der Waals surface area (Å²) in [5.41, 5.74) is 9.60. The SMILES string of the molecule is Nc1ccc2c(c1)CCN2CC(=O)Nc1ccc(Cl)cc1. The van der Waals surface area contributed by atoms with Crippen molar-refractivity contribution in [2.45, 2.75) is 6.42 Å². The minimum Gasteiger partial charge on any atom is -0.399 e. The number of hydrogen-bond donors (Lipinski definition) is 2. The van der Waals surface area contributed by atoms with Crippen LogP contribution < -0.4 is 16.0 Å². The van der Waals surface area contributed by atoms with Crippen molar-refractivity contribution in [1.29, 1.82) is 0 Å². The standard InChI is InChI=1S/C16H16ClN3O/c17-12-1-4-14(5-2-12)19-16(21)10-20-8-7-11-9-13(18)3-6-15(11)20/h1-6,9H,7-8,10,18H2,(H,19,21). The molecule has 1 aliphatic heterocycles. The van der Waals surface area contributed by atoms with Gasteiger partial charge in [0.2, 0.25) is 5.91 Å². The van der Waals surface area contributed by atoms with Crippen molar-refractivity contribution in [3.63, 3.8) is 0 Å². The average molecular weight is 302 g/mol. The van der Waals surface area contributed by atoms with Gasteiger partial charge in [0, 0.05) is 28.6 Å². The van der Waals surface area contributed by atoms with Crippen LogP contribution in [-0.2, 0) is 11.2 Å². The predicted octanol–water partition coefficient (Wildman–Crippen LogP) is 2.92. The van der Waals surface area contributed by atoms with Crippen molar-refractivity contribution < 1.29 is 4.79 Å². The van der Waals surface area contributed by atoms with Crippen LogP contribution in [0, 0.1) is 0 Å². The van der Waals surface area contributed by atoms with Gasteiger partial charge in [-0.15, -0.1) is 0 Å².